The molecule has 0 aliphatic carbocycles. The van der Waals surface area contributed by atoms with Gasteiger partial charge in [-0.05, 0) is 30.3 Å². The molecule has 0 aliphatic heterocycles. The van der Waals surface area contributed by atoms with Crippen molar-refractivity contribution < 1.29 is 26.0 Å². The van der Waals surface area contributed by atoms with Gasteiger partial charge in [0.15, 0.2) is 17.5 Å². The molecule has 0 aliphatic rings. The highest BCUT2D eigenvalue weighted by atomic mass is 35.5. The van der Waals surface area contributed by atoms with E-state index in [1.54, 1.807) is 4.72 Å². The van der Waals surface area contributed by atoms with Crippen LogP contribution in [0, 0.1) is 23.3 Å². The number of sulfonamides is 1. The molecule has 2 aromatic carbocycles. The predicted molar refractivity (Wildman–Crippen MR) is 68.5 cm³/mol. The first kappa shape index (κ1) is 15.6. The van der Waals surface area contributed by atoms with Gasteiger partial charge in [0, 0.05) is 0 Å². The molecule has 0 radical (unpaired) electrons. The molecular weight excluding hydrogens is 334 g/mol. The Morgan fingerprint density at radius 1 is 0.905 bits per heavy atom. The Balaban J connectivity index is 2.42. The molecule has 0 amide bonds. The van der Waals surface area contributed by atoms with E-state index >= 15 is 0 Å². The number of nitrogens with one attached hydrogen (secondary N) is 1. The minimum atomic E-state index is -4.33. The van der Waals surface area contributed by atoms with Gasteiger partial charge in [-0.1, -0.05) is 11.6 Å². The smallest absolute Gasteiger partial charge is 0.262 e. The molecule has 3 nitrogen and oxygen atoms in total. The van der Waals surface area contributed by atoms with Crippen LogP contribution < -0.4 is 4.72 Å². The van der Waals surface area contributed by atoms with Crippen molar-refractivity contribution in [3.05, 3.63) is 58.6 Å². The van der Waals surface area contributed by atoms with Crippen molar-refractivity contribution in [2.75, 3.05) is 4.72 Å². The maximum Gasteiger partial charge on any atom is 0.262 e. The zero-order valence-electron chi connectivity index (χ0n) is 10.0. The number of hydrogen-bond acceptors (Lipinski definition) is 2. The molecule has 0 atom stereocenters. The fourth-order valence-electron chi connectivity index (χ4n) is 1.45. The van der Waals surface area contributed by atoms with Crippen LogP contribution in [0.4, 0.5) is 23.2 Å². The van der Waals surface area contributed by atoms with Crippen molar-refractivity contribution in [2.45, 2.75) is 4.90 Å². The van der Waals surface area contributed by atoms with Crippen molar-refractivity contribution in [1.82, 2.24) is 0 Å². The third-order valence-electron chi connectivity index (χ3n) is 2.48. The summed E-state index contributed by atoms with van der Waals surface area (Å²) < 4.78 is 77.8. The van der Waals surface area contributed by atoms with Gasteiger partial charge in [-0.25, -0.2) is 26.0 Å². The van der Waals surface area contributed by atoms with Crippen LogP contribution in [0.25, 0.3) is 0 Å². The molecule has 9 heteroatoms. The van der Waals surface area contributed by atoms with Crippen molar-refractivity contribution in [1.29, 1.82) is 0 Å². The van der Waals surface area contributed by atoms with Gasteiger partial charge < -0.3 is 0 Å². The molecule has 0 saturated carbocycles. The average molecular weight is 340 g/mol. The summed E-state index contributed by atoms with van der Waals surface area (Å²) in [7, 11) is -4.33. The fraction of sp³-hybridized carbons (Fsp3) is 0. The Labute approximate surface area is 122 Å². The van der Waals surface area contributed by atoms with Gasteiger partial charge in [0.2, 0.25) is 0 Å². The second-order valence-corrected chi connectivity index (χ2v) is 5.99. The van der Waals surface area contributed by atoms with Crippen molar-refractivity contribution in [3.8, 4) is 0 Å². The molecule has 0 bridgehead atoms. The highest BCUT2D eigenvalue weighted by Gasteiger charge is 2.20. The monoisotopic (exact) mass is 339 g/mol. The van der Waals surface area contributed by atoms with Crippen molar-refractivity contribution in [3.63, 3.8) is 0 Å². The van der Waals surface area contributed by atoms with E-state index in [1.807, 2.05) is 0 Å². The normalized spacial score (nSPS) is 11.5. The van der Waals surface area contributed by atoms with Gasteiger partial charge in [0.1, 0.15) is 5.82 Å². The van der Waals surface area contributed by atoms with Crippen LogP contribution in [-0.4, -0.2) is 8.42 Å². The average Bonchev–Trinajstić information content (AvgIpc) is 2.42. The summed E-state index contributed by atoms with van der Waals surface area (Å²) in [5.74, 6) is -5.80. The lowest BCUT2D eigenvalue weighted by atomic mass is 10.3. The first-order chi connectivity index (χ1) is 9.72. The quantitative estimate of drug-likeness (QED) is 0.684. The molecule has 21 heavy (non-hydrogen) atoms. The third kappa shape index (κ3) is 3.11. The zero-order valence-corrected chi connectivity index (χ0v) is 11.6. The second-order valence-electron chi connectivity index (χ2n) is 3.90. The second kappa shape index (κ2) is 5.53. The third-order valence-corrected chi connectivity index (χ3v) is 4.13. The summed E-state index contributed by atoms with van der Waals surface area (Å²) in [6.45, 7) is 0. The molecule has 0 fully saturated rings. The Bertz CT molecular complexity index is 811. The number of halogens is 5. The number of anilines is 1. The lowest BCUT2D eigenvalue weighted by Gasteiger charge is -2.10. The highest BCUT2D eigenvalue weighted by Crippen LogP contribution is 2.24. The summed E-state index contributed by atoms with van der Waals surface area (Å²) in [6, 6.07) is 3.78. The lowest BCUT2D eigenvalue weighted by Crippen LogP contribution is -2.15. The van der Waals surface area contributed by atoms with Crippen molar-refractivity contribution in [2.24, 2.45) is 0 Å². The largest absolute Gasteiger partial charge is 0.277 e. The lowest BCUT2D eigenvalue weighted by molar-refractivity contribution is 0.449. The summed E-state index contributed by atoms with van der Waals surface area (Å²) in [5, 5.41) is -0.455. The van der Waals surface area contributed by atoms with Crippen LogP contribution in [0.5, 0.6) is 0 Å². The Kier molecular flexibility index (Phi) is 4.11. The van der Waals surface area contributed by atoms with E-state index in [0.717, 1.165) is 24.3 Å². The summed E-state index contributed by atoms with van der Waals surface area (Å²) >= 11 is 5.45. The molecule has 0 spiro atoms. The number of hydrogen-bond donors (Lipinski definition) is 1. The fourth-order valence-corrected chi connectivity index (χ4v) is 2.78. The van der Waals surface area contributed by atoms with Gasteiger partial charge in [-0.3, -0.25) is 4.72 Å². The minimum absolute atomic E-state index is 0.455. The molecular formula is C12H6ClF4NO2S. The summed E-state index contributed by atoms with van der Waals surface area (Å²) in [4.78, 5) is -0.460. The van der Waals surface area contributed by atoms with Gasteiger partial charge >= 0.3 is 0 Å². The van der Waals surface area contributed by atoms with E-state index < -0.39 is 48.9 Å². The molecule has 0 unspecified atom stereocenters. The van der Waals surface area contributed by atoms with E-state index in [1.165, 1.54) is 0 Å². The Morgan fingerprint density at radius 2 is 1.52 bits per heavy atom. The van der Waals surface area contributed by atoms with Gasteiger partial charge in [0.05, 0.1) is 15.6 Å². The maximum atomic E-state index is 13.4. The summed E-state index contributed by atoms with van der Waals surface area (Å²) in [5.41, 5.74) is -0.783. The maximum absolute atomic E-state index is 13.4. The Hall–Kier alpha value is -1.80. The van der Waals surface area contributed by atoms with Crippen LogP contribution in [0.15, 0.2) is 35.2 Å². The van der Waals surface area contributed by atoms with E-state index in [0.29, 0.717) is 6.07 Å². The van der Waals surface area contributed by atoms with E-state index in [9.17, 15) is 26.0 Å². The van der Waals surface area contributed by atoms with Gasteiger partial charge in [-0.15, -0.1) is 0 Å². The molecule has 0 aromatic heterocycles. The first-order valence-electron chi connectivity index (χ1n) is 5.34. The van der Waals surface area contributed by atoms with Crippen LogP contribution in [0.2, 0.25) is 5.02 Å². The standard InChI is InChI=1S/C12H6ClF4NO2S/c13-7-5-6(1-2-8(7)14)21(19,20)18-10-4-3-9(15)11(16)12(10)17/h1-5,18H. The highest BCUT2D eigenvalue weighted by molar-refractivity contribution is 7.92. The molecule has 2 rings (SSSR count). The molecule has 0 saturated heterocycles. The first-order valence-corrected chi connectivity index (χ1v) is 7.20. The van der Waals surface area contributed by atoms with E-state index in [2.05, 4.69) is 0 Å². The molecule has 112 valence electrons. The predicted octanol–water partition coefficient (Wildman–Crippen LogP) is 3.70. The summed E-state index contributed by atoms with van der Waals surface area (Å²) in [6.07, 6.45) is 0. The van der Waals surface area contributed by atoms with Crippen LogP contribution in [-0.2, 0) is 10.0 Å². The van der Waals surface area contributed by atoms with Crippen molar-refractivity contribution >= 4 is 27.3 Å². The number of benzene rings is 2. The van der Waals surface area contributed by atoms with Gasteiger partial charge in [0.25, 0.3) is 10.0 Å². The molecule has 1 N–H and O–H groups in total. The van der Waals surface area contributed by atoms with E-state index in [-0.39, 0.29) is 0 Å². The SMILES string of the molecule is O=S(=O)(Nc1ccc(F)c(F)c1F)c1ccc(F)c(Cl)c1. The van der Waals surface area contributed by atoms with E-state index in [4.69, 9.17) is 11.6 Å². The van der Waals surface area contributed by atoms with Crippen LogP contribution >= 0.6 is 11.6 Å². The minimum Gasteiger partial charge on any atom is -0.277 e. The van der Waals surface area contributed by atoms with Crippen LogP contribution in [0.3, 0.4) is 0 Å². The van der Waals surface area contributed by atoms with Gasteiger partial charge in [-0.2, -0.15) is 0 Å². The van der Waals surface area contributed by atoms with Crippen LogP contribution in [0.1, 0.15) is 0 Å². The molecule has 0 heterocycles. The topological polar surface area (TPSA) is 46.2 Å². The molecule has 2 aromatic rings. The number of rotatable bonds is 3. The zero-order chi connectivity index (χ0) is 15.8. The Morgan fingerprint density at radius 3 is 2.14 bits per heavy atom.